The van der Waals surface area contributed by atoms with Crippen molar-refractivity contribution in [3.8, 4) is 5.75 Å². The normalized spacial score (nSPS) is 10.4. The highest BCUT2D eigenvalue weighted by molar-refractivity contribution is 6.04. The Kier molecular flexibility index (Phi) is 7.57. The molecule has 0 aliphatic rings. The number of hydrogen-bond acceptors (Lipinski definition) is 6. The second-order valence-corrected chi connectivity index (χ2v) is 6.41. The number of amides is 2. The molecule has 2 amide bonds. The van der Waals surface area contributed by atoms with E-state index in [9.17, 15) is 9.59 Å². The molecule has 2 N–H and O–H groups in total. The number of nitrogens with one attached hydrogen (secondary N) is 2. The summed E-state index contributed by atoms with van der Waals surface area (Å²) in [4.78, 5) is 24.1. The Bertz CT molecular complexity index is 954. The van der Waals surface area contributed by atoms with Gasteiger partial charge in [0.25, 0.3) is 11.8 Å². The van der Waals surface area contributed by atoms with Crippen LogP contribution in [-0.4, -0.2) is 37.2 Å². The lowest BCUT2D eigenvalue weighted by molar-refractivity contribution is 0.0938. The molecule has 156 valence electrons. The van der Waals surface area contributed by atoms with E-state index in [0.717, 1.165) is 6.42 Å². The van der Waals surface area contributed by atoms with Crippen molar-refractivity contribution in [3.63, 3.8) is 0 Å². The predicted octanol–water partition coefficient (Wildman–Crippen LogP) is 3.27. The van der Waals surface area contributed by atoms with Crippen LogP contribution in [0.3, 0.4) is 0 Å². The fourth-order valence-corrected chi connectivity index (χ4v) is 2.58. The summed E-state index contributed by atoms with van der Waals surface area (Å²) in [5.74, 6) is 0.534. The smallest absolute Gasteiger partial charge is 0.273 e. The van der Waals surface area contributed by atoms with E-state index in [1.54, 1.807) is 49.6 Å². The van der Waals surface area contributed by atoms with Crippen molar-refractivity contribution in [2.75, 3.05) is 25.6 Å². The topological polar surface area (TPSA) is 103 Å². The summed E-state index contributed by atoms with van der Waals surface area (Å²) in [5.41, 5.74) is 1.44. The van der Waals surface area contributed by atoms with Crippen LogP contribution in [0.15, 0.2) is 65.2 Å². The van der Waals surface area contributed by atoms with Gasteiger partial charge in [0.1, 0.15) is 12.4 Å². The molecule has 0 atom stereocenters. The molecule has 1 aromatic heterocycles. The van der Waals surface area contributed by atoms with Gasteiger partial charge in [0, 0.05) is 37.6 Å². The highest BCUT2D eigenvalue weighted by Gasteiger charge is 2.12. The lowest BCUT2D eigenvalue weighted by atomic mass is 10.2. The van der Waals surface area contributed by atoms with Gasteiger partial charge in [-0.1, -0.05) is 23.4 Å². The van der Waals surface area contributed by atoms with Crippen LogP contribution in [-0.2, 0) is 11.3 Å². The SMILES string of the molecule is COCCCNC(=O)c1cc(COc2ccc(NC(=O)c3ccccc3)cc2)on1. The van der Waals surface area contributed by atoms with E-state index >= 15 is 0 Å². The summed E-state index contributed by atoms with van der Waals surface area (Å²) in [6, 6.07) is 17.5. The van der Waals surface area contributed by atoms with Gasteiger partial charge in [0.05, 0.1) is 0 Å². The first-order valence-corrected chi connectivity index (χ1v) is 9.47. The van der Waals surface area contributed by atoms with Crippen LogP contribution in [0.1, 0.15) is 33.0 Å². The Labute approximate surface area is 174 Å². The third kappa shape index (κ3) is 6.18. The molecule has 0 bridgehead atoms. The Morgan fingerprint density at radius 1 is 1.03 bits per heavy atom. The molecule has 0 radical (unpaired) electrons. The van der Waals surface area contributed by atoms with Crippen LogP contribution in [0.5, 0.6) is 5.75 Å². The molecule has 2 aromatic carbocycles. The average molecular weight is 409 g/mol. The molecular formula is C22H23N3O5. The molecule has 0 spiro atoms. The maximum Gasteiger partial charge on any atom is 0.273 e. The van der Waals surface area contributed by atoms with E-state index in [0.29, 0.717) is 35.9 Å². The van der Waals surface area contributed by atoms with Crippen molar-refractivity contribution in [1.82, 2.24) is 10.5 Å². The highest BCUT2D eigenvalue weighted by atomic mass is 16.5. The van der Waals surface area contributed by atoms with Crippen LogP contribution >= 0.6 is 0 Å². The third-order valence-electron chi connectivity index (χ3n) is 4.13. The number of anilines is 1. The summed E-state index contributed by atoms with van der Waals surface area (Å²) in [6.45, 7) is 1.20. The highest BCUT2D eigenvalue weighted by Crippen LogP contribution is 2.18. The molecule has 1 heterocycles. The monoisotopic (exact) mass is 409 g/mol. The summed E-state index contributed by atoms with van der Waals surface area (Å²) in [5, 5.41) is 9.32. The number of aromatic nitrogens is 1. The van der Waals surface area contributed by atoms with Crippen molar-refractivity contribution >= 4 is 17.5 Å². The first kappa shape index (κ1) is 21.1. The Morgan fingerprint density at radius 2 is 1.80 bits per heavy atom. The molecule has 8 nitrogen and oxygen atoms in total. The van der Waals surface area contributed by atoms with Gasteiger partial charge in [0.15, 0.2) is 11.5 Å². The van der Waals surface area contributed by atoms with E-state index in [1.807, 2.05) is 18.2 Å². The molecule has 0 aliphatic carbocycles. The standard InChI is InChI=1S/C22H23N3O5/c1-28-13-5-12-23-22(27)20-14-19(30-25-20)15-29-18-10-8-17(9-11-18)24-21(26)16-6-3-2-4-7-16/h2-4,6-11,14H,5,12-13,15H2,1H3,(H,23,27)(H,24,26). The van der Waals surface area contributed by atoms with Gasteiger partial charge in [-0.2, -0.15) is 0 Å². The van der Waals surface area contributed by atoms with Crippen molar-refractivity contribution in [2.45, 2.75) is 13.0 Å². The van der Waals surface area contributed by atoms with Crippen molar-refractivity contribution < 1.29 is 23.6 Å². The molecule has 3 rings (SSSR count). The molecule has 0 unspecified atom stereocenters. The maximum absolute atomic E-state index is 12.2. The van der Waals surface area contributed by atoms with E-state index in [1.165, 1.54) is 0 Å². The second kappa shape index (κ2) is 10.8. The molecule has 0 saturated heterocycles. The van der Waals surface area contributed by atoms with Crippen LogP contribution in [0.2, 0.25) is 0 Å². The fraction of sp³-hybridized carbons (Fsp3) is 0.227. The second-order valence-electron chi connectivity index (χ2n) is 6.41. The number of hydrogen-bond donors (Lipinski definition) is 2. The summed E-state index contributed by atoms with van der Waals surface area (Å²) >= 11 is 0. The van der Waals surface area contributed by atoms with E-state index in [2.05, 4.69) is 15.8 Å². The van der Waals surface area contributed by atoms with Gasteiger partial charge in [0.2, 0.25) is 0 Å². The zero-order chi connectivity index (χ0) is 21.2. The number of methoxy groups -OCH3 is 1. The van der Waals surface area contributed by atoms with Crippen LogP contribution < -0.4 is 15.4 Å². The molecule has 3 aromatic rings. The first-order chi connectivity index (χ1) is 14.7. The Morgan fingerprint density at radius 3 is 2.53 bits per heavy atom. The minimum absolute atomic E-state index is 0.125. The van der Waals surface area contributed by atoms with Crippen LogP contribution in [0.25, 0.3) is 0 Å². The summed E-state index contributed by atoms with van der Waals surface area (Å²) < 4.78 is 15.7. The number of benzene rings is 2. The van der Waals surface area contributed by atoms with Gasteiger partial charge in [-0.25, -0.2) is 0 Å². The van der Waals surface area contributed by atoms with Crippen molar-refractivity contribution in [2.24, 2.45) is 0 Å². The molecule has 0 fully saturated rings. The largest absolute Gasteiger partial charge is 0.486 e. The number of rotatable bonds is 10. The number of nitrogens with zero attached hydrogens (tertiary/aromatic N) is 1. The maximum atomic E-state index is 12.2. The van der Waals surface area contributed by atoms with E-state index < -0.39 is 0 Å². The number of carbonyl (C=O) groups excluding carboxylic acids is 2. The molecule has 30 heavy (non-hydrogen) atoms. The van der Waals surface area contributed by atoms with Crippen LogP contribution in [0, 0.1) is 0 Å². The average Bonchev–Trinajstić information content (AvgIpc) is 3.26. The minimum Gasteiger partial charge on any atom is -0.486 e. The lowest BCUT2D eigenvalue weighted by Gasteiger charge is -2.07. The zero-order valence-corrected chi connectivity index (χ0v) is 16.6. The predicted molar refractivity (Wildman–Crippen MR) is 110 cm³/mol. The number of ether oxygens (including phenoxy) is 2. The number of carbonyl (C=O) groups is 2. The summed E-state index contributed by atoms with van der Waals surface area (Å²) in [6.07, 6.45) is 0.720. The van der Waals surface area contributed by atoms with E-state index in [-0.39, 0.29) is 24.1 Å². The quantitative estimate of drug-likeness (QED) is 0.498. The van der Waals surface area contributed by atoms with E-state index in [4.69, 9.17) is 14.0 Å². The summed E-state index contributed by atoms with van der Waals surface area (Å²) in [7, 11) is 1.61. The lowest BCUT2D eigenvalue weighted by Crippen LogP contribution is -2.25. The van der Waals surface area contributed by atoms with Gasteiger partial charge in [-0.3, -0.25) is 9.59 Å². The van der Waals surface area contributed by atoms with Gasteiger partial charge in [-0.15, -0.1) is 0 Å². The molecule has 0 aliphatic heterocycles. The molecular weight excluding hydrogens is 386 g/mol. The Hall–Kier alpha value is -3.65. The van der Waals surface area contributed by atoms with Crippen molar-refractivity contribution in [3.05, 3.63) is 77.7 Å². The third-order valence-corrected chi connectivity index (χ3v) is 4.13. The minimum atomic E-state index is -0.306. The van der Waals surface area contributed by atoms with Gasteiger partial charge >= 0.3 is 0 Å². The first-order valence-electron chi connectivity index (χ1n) is 9.47. The fourth-order valence-electron chi connectivity index (χ4n) is 2.58. The van der Waals surface area contributed by atoms with Gasteiger partial charge in [-0.05, 0) is 42.8 Å². The van der Waals surface area contributed by atoms with Crippen molar-refractivity contribution in [1.29, 1.82) is 0 Å². The molecule has 0 saturated carbocycles. The van der Waals surface area contributed by atoms with Gasteiger partial charge < -0.3 is 24.6 Å². The van der Waals surface area contributed by atoms with Crippen LogP contribution in [0.4, 0.5) is 5.69 Å². The molecule has 8 heteroatoms. The zero-order valence-electron chi connectivity index (χ0n) is 16.6. The Balaban J connectivity index is 1.47.